The summed E-state index contributed by atoms with van der Waals surface area (Å²) >= 11 is 2.21. The maximum atomic E-state index is 14.1. The molecule has 4 heterocycles. The highest BCUT2D eigenvalue weighted by molar-refractivity contribution is 8.19. The molecule has 1 aliphatic heterocycles. The van der Waals surface area contributed by atoms with Crippen molar-refractivity contribution in [2.75, 3.05) is 4.90 Å². The lowest BCUT2D eigenvalue weighted by Crippen LogP contribution is -2.29. The molecule has 7 nitrogen and oxygen atoms in total. The number of rotatable bonds is 6. The average molecular weight is 599 g/mol. The number of thiophene rings is 1. The predicted molar refractivity (Wildman–Crippen MR) is 172 cm³/mol. The summed E-state index contributed by atoms with van der Waals surface area (Å²) in [4.78, 5) is 30.7. The molecule has 3 aromatic heterocycles. The molecular formula is C34H22N4O3S2. The predicted octanol–water partition coefficient (Wildman–Crippen LogP) is 8.21. The molecule has 0 spiro atoms. The Morgan fingerprint density at radius 2 is 1.51 bits per heavy atom. The number of hydrogen-bond acceptors (Lipinski definition) is 8. The van der Waals surface area contributed by atoms with E-state index in [1.807, 2.05) is 79.7 Å². The van der Waals surface area contributed by atoms with Crippen LogP contribution in [0.1, 0.15) is 26.8 Å². The minimum atomic E-state index is -0.414. The molecule has 0 radical (unpaired) electrons. The number of anilines is 1. The number of hydrogen-bond donors (Lipinski definition) is 1. The van der Waals surface area contributed by atoms with Crippen LogP contribution in [0.3, 0.4) is 0 Å². The molecule has 7 rings (SSSR count). The summed E-state index contributed by atoms with van der Waals surface area (Å²) in [6.07, 6.45) is 1.63. The molecule has 0 saturated carbocycles. The zero-order chi connectivity index (χ0) is 29.5. The second-order valence-corrected chi connectivity index (χ2v) is 11.8. The van der Waals surface area contributed by atoms with E-state index in [1.165, 1.54) is 16.2 Å². The number of thioether (sulfide) groups is 1. The highest BCUT2D eigenvalue weighted by Gasteiger charge is 2.40. The van der Waals surface area contributed by atoms with Crippen LogP contribution in [-0.4, -0.2) is 27.1 Å². The third kappa shape index (κ3) is 4.78. The molecule has 1 amide bonds. The normalized spacial score (nSPS) is 14.3. The average Bonchev–Trinajstić information content (AvgIpc) is 3.71. The van der Waals surface area contributed by atoms with Crippen LogP contribution in [0.4, 0.5) is 5.69 Å². The molecule has 6 aromatic rings. The number of benzene rings is 3. The van der Waals surface area contributed by atoms with Gasteiger partial charge in [-0.25, -0.2) is 0 Å². The number of nitrogens with one attached hydrogen (secondary N) is 1. The van der Waals surface area contributed by atoms with E-state index < -0.39 is 5.91 Å². The third-order valence-corrected chi connectivity index (χ3v) is 8.98. The Morgan fingerprint density at radius 3 is 2.16 bits per heavy atom. The molecule has 3 aromatic carbocycles. The van der Waals surface area contributed by atoms with Gasteiger partial charge in [0.05, 0.1) is 10.6 Å². The first-order chi connectivity index (χ1) is 21.0. The van der Waals surface area contributed by atoms with E-state index in [0.29, 0.717) is 48.5 Å². The number of aryl methyl sites for hydroxylation is 1. The molecule has 43 heavy (non-hydrogen) atoms. The molecule has 0 unspecified atom stereocenters. The van der Waals surface area contributed by atoms with Gasteiger partial charge in [-0.2, -0.15) is 0 Å². The fraction of sp³-hybridized carbons (Fsp3) is 0.0294. The number of carbonyl (C=O) groups is 2. The number of nitrogens with zero attached hydrogens (tertiary/aromatic N) is 3. The molecule has 0 atom stereocenters. The molecule has 0 aliphatic carbocycles. The second-order valence-electron chi connectivity index (χ2n) is 9.82. The number of amides is 1. The van der Waals surface area contributed by atoms with Crippen molar-refractivity contribution in [3.63, 3.8) is 0 Å². The fourth-order valence-electron chi connectivity index (χ4n) is 5.09. The van der Waals surface area contributed by atoms with Crippen LogP contribution in [0.25, 0.3) is 38.7 Å². The van der Waals surface area contributed by atoms with Crippen molar-refractivity contribution in [3.05, 3.63) is 130 Å². The Balaban J connectivity index is 1.53. The largest absolute Gasteiger partial charge is 0.462 e. The van der Waals surface area contributed by atoms with E-state index >= 15 is 0 Å². The molecule has 1 saturated heterocycles. The van der Waals surface area contributed by atoms with Crippen molar-refractivity contribution >= 4 is 61.9 Å². The van der Waals surface area contributed by atoms with Gasteiger partial charge in [-0.05, 0) is 36.4 Å². The van der Waals surface area contributed by atoms with Crippen LogP contribution in [0.15, 0.2) is 112 Å². The van der Waals surface area contributed by atoms with Crippen molar-refractivity contribution in [1.29, 1.82) is 5.41 Å². The third-order valence-electron chi connectivity index (χ3n) is 7.03. The summed E-state index contributed by atoms with van der Waals surface area (Å²) in [6.45, 7) is 1.83. The molecule has 1 fully saturated rings. The van der Waals surface area contributed by atoms with E-state index in [1.54, 1.807) is 36.4 Å². The summed E-state index contributed by atoms with van der Waals surface area (Å²) in [5, 5.41) is 18.8. The zero-order valence-electron chi connectivity index (χ0n) is 22.8. The Labute approximate surface area is 255 Å². The lowest BCUT2D eigenvalue weighted by molar-refractivity contribution is -0.113. The van der Waals surface area contributed by atoms with Gasteiger partial charge in [0.15, 0.2) is 5.17 Å². The molecule has 9 heteroatoms. The lowest BCUT2D eigenvalue weighted by Gasteiger charge is -2.18. The van der Waals surface area contributed by atoms with Gasteiger partial charge in [0, 0.05) is 28.2 Å². The van der Waals surface area contributed by atoms with Crippen LogP contribution < -0.4 is 4.90 Å². The van der Waals surface area contributed by atoms with Gasteiger partial charge in [-0.3, -0.25) is 19.9 Å². The van der Waals surface area contributed by atoms with Crippen molar-refractivity contribution in [2.45, 2.75) is 6.92 Å². The van der Waals surface area contributed by atoms with Gasteiger partial charge < -0.3 is 4.42 Å². The zero-order valence-corrected chi connectivity index (χ0v) is 24.4. The molecule has 0 bridgehead atoms. The topological polar surface area (TPSA) is 100 Å². The Hall–Kier alpha value is -5.12. The number of carbonyl (C=O) groups excluding carboxylic acids is 2. The maximum absolute atomic E-state index is 14.1. The van der Waals surface area contributed by atoms with E-state index in [9.17, 15) is 9.59 Å². The van der Waals surface area contributed by atoms with Gasteiger partial charge in [0.1, 0.15) is 26.9 Å². The van der Waals surface area contributed by atoms with Gasteiger partial charge >= 0.3 is 0 Å². The van der Waals surface area contributed by atoms with Crippen LogP contribution in [-0.2, 0) is 4.79 Å². The highest BCUT2D eigenvalue weighted by Crippen LogP contribution is 2.49. The smallest absolute Gasteiger partial charge is 0.271 e. The molecule has 208 valence electrons. The highest BCUT2D eigenvalue weighted by atomic mass is 32.2. The Bertz CT molecular complexity index is 2070. The second kappa shape index (κ2) is 10.9. The van der Waals surface area contributed by atoms with E-state index in [-0.39, 0.29) is 11.0 Å². The van der Waals surface area contributed by atoms with Crippen molar-refractivity contribution in [2.24, 2.45) is 0 Å². The fourth-order valence-corrected chi connectivity index (χ4v) is 7.00. The van der Waals surface area contributed by atoms with E-state index in [4.69, 9.17) is 9.83 Å². The van der Waals surface area contributed by atoms with Gasteiger partial charge in [-0.15, -0.1) is 21.5 Å². The van der Waals surface area contributed by atoms with Crippen LogP contribution in [0.2, 0.25) is 0 Å². The molecule has 1 N–H and O–H groups in total. The van der Waals surface area contributed by atoms with Crippen molar-refractivity contribution in [1.82, 2.24) is 10.2 Å². The quantitative estimate of drug-likeness (QED) is 0.153. The summed E-state index contributed by atoms with van der Waals surface area (Å²) in [5.74, 6) is 0.556. The van der Waals surface area contributed by atoms with Crippen molar-refractivity contribution < 1.29 is 14.0 Å². The maximum Gasteiger partial charge on any atom is 0.271 e. The van der Waals surface area contributed by atoms with Gasteiger partial charge in [-0.1, -0.05) is 91.0 Å². The first-order valence-corrected chi connectivity index (χ1v) is 15.1. The number of furan rings is 1. The first-order valence-electron chi connectivity index (χ1n) is 13.4. The molecular weight excluding hydrogens is 577 g/mol. The van der Waals surface area contributed by atoms with Gasteiger partial charge in [0.25, 0.3) is 5.91 Å². The van der Waals surface area contributed by atoms with E-state index in [0.717, 1.165) is 28.5 Å². The first kappa shape index (κ1) is 26.8. The summed E-state index contributed by atoms with van der Waals surface area (Å²) in [6, 6.07) is 32.0. The van der Waals surface area contributed by atoms with Crippen molar-refractivity contribution in [3.8, 4) is 22.4 Å². The van der Waals surface area contributed by atoms with E-state index in [2.05, 4.69) is 10.2 Å². The Morgan fingerprint density at radius 1 is 0.860 bits per heavy atom. The number of fused-ring (bicyclic) bond motifs is 1. The number of ketones is 1. The summed E-state index contributed by atoms with van der Waals surface area (Å²) in [7, 11) is 0. The van der Waals surface area contributed by atoms with Crippen LogP contribution in [0, 0.1) is 12.3 Å². The Kier molecular flexibility index (Phi) is 6.81. The van der Waals surface area contributed by atoms with Gasteiger partial charge in [0.2, 0.25) is 5.78 Å². The summed E-state index contributed by atoms with van der Waals surface area (Å²) in [5.41, 5.74) is 3.85. The standard InChI is InChI=1S/C34H22N4O3S2/c1-20-17-18-24(41-20)19-25-33(40)38(34(35)42-25)29-27-26(21-11-5-2-6-12-21)28(22-13-7-3-8-14-22)36-37-32(27)43-31(29)30(39)23-15-9-4-10-16-23/h2-19,35H,1H3/b25-19+,35-34?. The SMILES string of the molecule is Cc1ccc(/C=C2/SC(=N)N(c3c(C(=O)c4ccccc4)sc4nnc(-c5ccccc5)c(-c5ccccc5)c34)C2=O)o1. The molecule has 1 aliphatic rings. The van der Waals surface area contributed by atoms with Crippen LogP contribution >= 0.6 is 23.1 Å². The van der Waals surface area contributed by atoms with Crippen LogP contribution in [0.5, 0.6) is 0 Å². The lowest BCUT2D eigenvalue weighted by atomic mass is 9.95. The minimum absolute atomic E-state index is 0.0153. The minimum Gasteiger partial charge on any atom is -0.462 e. The number of amidine groups is 1. The summed E-state index contributed by atoms with van der Waals surface area (Å²) < 4.78 is 5.69. The number of aromatic nitrogens is 2. The monoisotopic (exact) mass is 598 g/mol.